The van der Waals surface area contributed by atoms with Gasteiger partial charge in [-0.15, -0.1) is 0 Å². The third-order valence-electron chi connectivity index (χ3n) is 4.76. The van der Waals surface area contributed by atoms with E-state index in [-0.39, 0.29) is 5.91 Å². The number of hydrogen-bond acceptors (Lipinski definition) is 5. The van der Waals surface area contributed by atoms with Crippen LogP contribution in [0.15, 0.2) is 30.3 Å². The number of nitriles is 1. The zero-order chi connectivity index (χ0) is 20.1. The number of aromatic nitrogens is 1. The molecule has 1 aliphatic carbocycles. The molecule has 0 atom stereocenters. The quantitative estimate of drug-likeness (QED) is 0.799. The summed E-state index contributed by atoms with van der Waals surface area (Å²) in [6.45, 7) is 4.41. The van der Waals surface area contributed by atoms with Gasteiger partial charge >= 0.3 is 0 Å². The van der Waals surface area contributed by atoms with E-state index in [1.165, 1.54) is 7.11 Å². The summed E-state index contributed by atoms with van der Waals surface area (Å²) < 4.78 is 11.1. The average Bonchev–Trinajstić information content (AvgIpc) is 3.14. The van der Waals surface area contributed by atoms with Crippen LogP contribution in [0.1, 0.15) is 53.0 Å². The van der Waals surface area contributed by atoms with Crippen LogP contribution in [0.2, 0.25) is 0 Å². The van der Waals surface area contributed by atoms with E-state index < -0.39 is 5.54 Å². The number of nitrogens with zero attached hydrogens (tertiary/aromatic N) is 2. The van der Waals surface area contributed by atoms with E-state index in [1.54, 1.807) is 6.07 Å². The largest absolute Gasteiger partial charge is 0.480 e. The SMILES string of the molecule is COc1nc2c(cc1C(=O)NC(C)(C)COCc1ccccc1C#N)CCC2. The third kappa shape index (κ3) is 4.49. The minimum absolute atomic E-state index is 0.231. The number of ether oxygens (including phenoxy) is 2. The van der Waals surface area contributed by atoms with Crippen LogP contribution >= 0.6 is 0 Å². The summed E-state index contributed by atoms with van der Waals surface area (Å²) in [5, 5.41) is 12.2. The molecule has 1 aliphatic rings. The molecule has 146 valence electrons. The minimum Gasteiger partial charge on any atom is -0.480 e. The molecule has 3 rings (SSSR count). The van der Waals surface area contributed by atoms with E-state index in [0.29, 0.717) is 30.2 Å². The fraction of sp³-hybridized carbons (Fsp3) is 0.409. The molecule has 6 heteroatoms. The second-order valence-corrected chi connectivity index (χ2v) is 7.60. The van der Waals surface area contributed by atoms with Gasteiger partial charge in [0.2, 0.25) is 5.88 Å². The van der Waals surface area contributed by atoms with Crippen molar-refractivity contribution in [1.29, 1.82) is 5.26 Å². The van der Waals surface area contributed by atoms with Gasteiger partial charge in [0.25, 0.3) is 5.91 Å². The first-order valence-electron chi connectivity index (χ1n) is 9.38. The summed E-state index contributed by atoms with van der Waals surface area (Å²) in [7, 11) is 1.53. The maximum Gasteiger partial charge on any atom is 0.257 e. The Kier molecular flexibility index (Phi) is 5.96. The van der Waals surface area contributed by atoms with Crippen LogP contribution in [0.3, 0.4) is 0 Å². The van der Waals surface area contributed by atoms with Gasteiger partial charge in [0.1, 0.15) is 5.56 Å². The van der Waals surface area contributed by atoms with E-state index in [2.05, 4.69) is 16.4 Å². The highest BCUT2D eigenvalue weighted by Crippen LogP contribution is 2.27. The van der Waals surface area contributed by atoms with Crippen molar-refractivity contribution in [2.45, 2.75) is 45.3 Å². The molecule has 1 aromatic heterocycles. The molecule has 0 saturated heterocycles. The number of fused-ring (bicyclic) bond motifs is 1. The summed E-state index contributed by atoms with van der Waals surface area (Å²) in [4.78, 5) is 17.3. The van der Waals surface area contributed by atoms with Crippen LogP contribution in [0.5, 0.6) is 5.88 Å². The number of pyridine rings is 1. The number of carbonyl (C=O) groups excluding carboxylic acids is 1. The Bertz CT molecular complexity index is 916. The van der Waals surface area contributed by atoms with Gasteiger partial charge < -0.3 is 14.8 Å². The lowest BCUT2D eigenvalue weighted by molar-refractivity contribution is 0.0614. The van der Waals surface area contributed by atoms with Gasteiger partial charge in [0.05, 0.1) is 37.5 Å². The summed E-state index contributed by atoms with van der Waals surface area (Å²) in [5.74, 6) is 0.128. The highest BCUT2D eigenvalue weighted by Gasteiger charge is 2.26. The van der Waals surface area contributed by atoms with Crippen LogP contribution in [0.4, 0.5) is 0 Å². The number of benzene rings is 1. The molecular weight excluding hydrogens is 354 g/mol. The van der Waals surface area contributed by atoms with Gasteiger partial charge in [-0.05, 0) is 56.4 Å². The van der Waals surface area contributed by atoms with Crippen molar-refractivity contribution < 1.29 is 14.3 Å². The van der Waals surface area contributed by atoms with Gasteiger partial charge in [0, 0.05) is 5.69 Å². The molecule has 28 heavy (non-hydrogen) atoms. The Balaban J connectivity index is 1.64. The summed E-state index contributed by atoms with van der Waals surface area (Å²) >= 11 is 0. The lowest BCUT2D eigenvalue weighted by Gasteiger charge is -2.26. The predicted octanol–water partition coefficient (Wildman–Crippen LogP) is 3.18. The van der Waals surface area contributed by atoms with Crippen LogP contribution in [-0.2, 0) is 24.2 Å². The smallest absolute Gasteiger partial charge is 0.257 e. The molecule has 1 aromatic carbocycles. The summed E-state index contributed by atoms with van der Waals surface area (Å²) in [5.41, 5.74) is 3.42. The first kappa shape index (κ1) is 19.8. The number of carbonyl (C=O) groups is 1. The summed E-state index contributed by atoms with van der Waals surface area (Å²) in [6.07, 6.45) is 2.93. The van der Waals surface area contributed by atoms with E-state index in [9.17, 15) is 4.79 Å². The van der Waals surface area contributed by atoms with Crippen LogP contribution in [0, 0.1) is 11.3 Å². The highest BCUT2D eigenvalue weighted by atomic mass is 16.5. The van der Waals surface area contributed by atoms with Crippen LogP contribution in [0.25, 0.3) is 0 Å². The second-order valence-electron chi connectivity index (χ2n) is 7.60. The summed E-state index contributed by atoms with van der Waals surface area (Å²) in [6, 6.07) is 11.4. The number of nitrogens with one attached hydrogen (secondary N) is 1. The number of rotatable bonds is 7. The Morgan fingerprint density at radius 2 is 2.11 bits per heavy atom. The molecule has 1 heterocycles. The molecule has 6 nitrogen and oxygen atoms in total. The molecule has 1 N–H and O–H groups in total. The molecule has 0 fully saturated rings. The maximum atomic E-state index is 12.8. The predicted molar refractivity (Wildman–Crippen MR) is 105 cm³/mol. The molecule has 2 aromatic rings. The average molecular weight is 379 g/mol. The fourth-order valence-corrected chi connectivity index (χ4v) is 3.35. The van der Waals surface area contributed by atoms with Crippen molar-refractivity contribution in [2.75, 3.05) is 13.7 Å². The second kappa shape index (κ2) is 8.41. The Labute approximate surface area is 165 Å². The van der Waals surface area contributed by atoms with Crippen LogP contribution < -0.4 is 10.1 Å². The van der Waals surface area contributed by atoms with Gasteiger partial charge in [-0.2, -0.15) is 5.26 Å². The van der Waals surface area contributed by atoms with Crippen molar-refractivity contribution in [1.82, 2.24) is 10.3 Å². The maximum absolute atomic E-state index is 12.8. The standard InChI is InChI=1S/C22H25N3O3/c1-22(2,14-28-13-17-8-5-4-7-16(17)12-23)25-20(26)18-11-15-9-6-10-19(15)24-21(18)27-3/h4-5,7-8,11H,6,9-10,13-14H2,1-3H3,(H,25,26). The third-order valence-corrected chi connectivity index (χ3v) is 4.76. The van der Waals surface area contributed by atoms with Gasteiger partial charge in [-0.25, -0.2) is 4.98 Å². The Morgan fingerprint density at radius 1 is 1.32 bits per heavy atom. The lowest BCUT2D eigenvalue weighted by atomic mass is 10.0. The van der Waals surface area contributed by atoms with Crippen molar-refractivity contribution in [2.24, 2.45) is 0 Å². The number of aryl methyl sites for hydroxylation is 2. The number of amides is 1. The molecule has 0 unspecified atom stereocenters. The molecule has 0 saturated carbocycles. The van der Waals surface area contributed by atoms with Crippen molar-refractivity contribution in [3.05, 3.63) is 58.3 Å². The first-order chi connectivity index (χ1) is 13.4. The first-order valence-corrected chi connectivity index (χ1v) is 9.38. The van der Waals surface area contributed by atoms with Crippen molar-refractivity contribution in [3.63, 3.8) is 0 Å². The zero-order valence-electron chi connectivity index (χ0n) is 16.5. The van der Waals surface area contributed by atoms with E-state index in [4.69, 9.17) is 14.7 Å². The lowest BCUT2D eigenvalue weighted by Crippen LogP contribution is -2.47. The van der Waals surface area contributed by atoms with Gasteiger partial charge in [0.15, 0.2) is 0 Å². The van der Waals surface area contributed by atoms with E-state index in [0.717, 1.165) is 36.1 Å². The number of hydrogen-bond donors (Lipinski definition) is 1. The Hall–Kier alpha value is -2.91. The number of methoxy groups -OCH3 is 1. The fourth-order valence-electron chi connectivity index (χ4n) is 3.35. The normalized spacial score (nSPS) is 12.9. The van der Waals surface area contributed by atoms with Crippen molar-refractivity contribution in [3.8, 4) is 11.9 Å². The van der Waals surface area contributed by atoms with Gasteiger partial charge in [-0.1, -0.05) is 18.2 Å². The van der Waals surface area contributed by atoms with Gasteiger partial charge in [-0.3, -0.25) is 4.79 Å². The molecule has 0 spiro atoms. The van der Waals surface area contributed by atoms with Crippen molar-refractivity contribution >= 4 is 5.91 Å². The van der Waals surface area contributed by atoms with E-state index in [1.807, 2.05) is 38.1 Å². The molecule has 0 bridgehead atoms. The molecule has 0 aliphatic heterocycles. The Morgan fingerprint density at radius 3 is 2.86 bits per heavy atom. The molecule has 0 radical (unpaired) electrons. The monoisotopic (exact) mass is 379 g/mol. The minimum atomic E-state index is -0.595. The van der Waals surface area contributed by atoms with Crippen LogP contribution in [-0.4, -0.2) is 30.1 Å². The zero-order valence-corrected chi connectivity index (χ0v) is 16.5. The molecule has 1 amide bonds. The molecular formula is C22H25N3O3. The topological polar surface area (TPSA) is 84.2 Å². The highest BCUT2D eigenvalue weighted by molar-refractivity contribution is 5.97. The van der Waals surface area contributed by atoms with E-state index >= 15 is 0 Å².